The first kappa shape index (κ1) is 22.9. The summed E-state index contributed by atoms with van der Waals surface area (Å²) < 4.78 is 12.4. The average Bonchev–Trinajstić information content (AvgIpc) is 3.32. The number of aromatic nitrogens is 2. The third kappa shape index (κ3) is 4.36. The summed E-state index contributed by atoms with van der Waals surface area (Å²) in [7, 11) is 3.08. The molecule has 2 aromatic heterocycles. The van der Waals surface area contributed by atoms with E-state index in [1.54, 1.807) is 19.4 Å². The van der Waals surface area contributed by atoms with Gasteiger partial charge in [0.1, 0.15) is 0 Å². The summed E-state index contributed by atoms with van der Waals surface area (Å²) in [5, 5.41) is 4.16. The molecule has 0 aliphatic carbocycles. The minimum absolute atomic E-state index is 0.0497. The average molecular weight is 465 g/mol. The number of hydrogen-bond donors (Lipinski definition) is 1. The van der Waals surface area contributed by atoms with Crippen molar-refractivity contribution in [3.8, 4) is 5.69 Å². The fourth-order valence-corrected chi connectivity index (χ4v) is 4.88. The second-order valence-electron chi connectivity index (χ2n) is 8.02. The monoisotopic (exact) mass is 464 g/mol. The molecular formula is C25H28N4O3S. The van der Waals surface area contributed by atoms with E-state index in [0.717, 1.165) is 28.3 Å². The van der Waals surface area contributed by atoms with Crippen molar-refractivity contribution in [2.24, 2.45) is 0 Å². The van der Waals surface area contributed by atoms with Crippen LogP contribution in [0.25, 0.3) is 5.69 Å². The highest BCUT2D eigenvalue weighted by Crippen LogP contribution is 2.41. The van der Waals surface area contributed by atoms with Crippen LogP contribution in [0.5, 0.6) is 0 Å². The van der Waals surface area contributed by atoms with Crippen molar-refractivity contribution in [1.29, 1.82) is 0 Å². The Bertz CT molecular complexity index is 1160. The molecule has 0 amide bonds. The number of rotatable bonds is 7. The molecule has 1 saturated heterocycles. The SMILES string of the molecule is COCCN1C(=S)NC(c2ccccn2)C1c1cc(C)n(-c2cccc(C(=O)OC)c2)c1C. The maximum absolute atomic E-state index is 12.1. The lowest BCUT2D eigenvalue weighted by Crippen LogP contribution is -2.32. The number of carbonyl (C=O) groups is 1. The molecule has 4 rings (SSSR count). The van der Waals surface area contributed by atoms with Crippen molar-refractivity contribution >= 4 is 23.3 Å². The number of nitrogens with one attached hydrogen (secondary N) is 1. The summed E-state index contributed by atoms with van der Waals surface area (Å²) in [5.41, 5.74) is 5.65. The Labute approximate surface area is 199 Å². The van der Waals surface area contributed by atoms with Gasteiger partial charge in [-0.3, -0.25) is 4.98 Å². The summed E-state index contributed by atoms with van der Waals surface area (Å²) in [4.78, 5) is 18.9. The van der Waals surface area contributed by atoms with Crippen molar-refractivity contribution < 1.29 is 14.3 Å². The van der Waals surface area contributed by atoms with Gasteiger partial charge in [0.05, 0.1) is 37.1 Å². The third-order valence-electron chi connectivity index (χ3n) is 6.05. The minimum Gasteiger partial charge on any atom is -0.465 e. The van der Waals surface area contributed by atoms with Crippen LogP contribution in [0.15, 0.2) is 54.7 Å². The number of methoxy groups -OCH3 is 2. The van der Waals surface area contributed by atoms with Gasteiger partial charge in [0.15, 0.2) is 5.11 Å². The van der Waals surface area contributed by atoms with E-state index in [1.807, 2.05) is 36.4 Å². The number of carbonyl (C=O) groups excluding carboxylic acids is 1. The lowest BCUT2D eigenvalue weighted by molar-refractivity contribution is 0.0600. The zero-order valence-corrected chi connectivity index (χ0v) is 20.1. The predicted molar refractivity (Wildman–Crippen MR) is 131 cm³/mol. The fraction of sp³-hybridized carbons (Fsp3) is 0.320. The Kier molecular flexibility index (Phi) is 6.76. The van der Waals surface area contributed by atoms with Crippen molar-refractivity contribution in [2.75, 3.05) is 27.4 Å². The van der Waals surface area contributed by atoms with E-state index in [1.165, 1.54) is 7.11 Å². The lowest BCUT2D eigenvalue weighted by atomic mass is 9.97. The second kappa shape index (κ2) is 9.72. The van der Waals surface area contributed by atoms with Crippen molar-refractivity contribution in [3.05, 3.63) is 82.9 Å². The van der Waals surface area contributed by atoms with Crippen LogP contribution < -0.4 is 5.32 Å². The van der Waals surface area contributed by atoms with Gasteiger partial charge in [0.2, 0.25) is 0 Å². The van der Waals surface area contributed by atoms with E-state index in [9.17, 15) is 4.79 Å². The van der Waals surface area contributed by atoms with Gasteiger partial charge in [-0.1, -0.05) is 12.1 Å². The first-order valence-electron chi connectivity index (χ1n) is 10.8. The van der Waals surface area contributed by atoms with Gasteiger partial charge in [-0.2, -0.15) is 0 Å². The second-order valence-corrected chi connectivity index (χ2v) is 8.40. The Morgan fingerprint density at radius 2 is 1.97 bits per heavy atom. The number of thiocarbonyl (C=S) groups is 1. The van der Waals surface area contributed by atoms with E-state index < -0.39 is 0 Å². The molecule has 2 atom stereocenters. The number of ether oxygens (including phenoxy) is 2. The first-order chi connectivity index (χ1) is 16.0. The van der Waals surface area contributed by atoms with Gasteiger partial charge in [0.25, 0.3) is 0 Å². The fourth-order valence-electron chi connectivity index (χ4n) is 4.55. The van der Waals surface area contributed by atoms with Crippen molar-refractivity contribution in [1.82, 2.24) is 19.8 Å². The summed E-state index contributed by atoms with van der Waals surface area (Å²) in [6.07, 6.45) is 1.80. The molecule has 33 heavy (non-hydrogen) atoms. The summed E-state index contributed by atoms with van der Waals surface area (Å²) >= 11 is 5.72. The molecular weight excluding hydrogens is 436 g/mol. The molecule has 172 valence electrons. The zero-order valence-electron chi connectivity index (χ0n) is 19.2. The number of hydrogen-bond acceptors (Lipinski definition) is 5. The van der Waals surface area contributed by atoms with E-state index >= 15 is 0 Å². The molecule has 0 radical (unpaired) electrons. The highest BCUT2D eigenvalue weighted by atomic mass is 32.1. The Morgan fingerprint density at radius 1 is 1.15 bits per heavy atom. The van der Waals surface area contributed by atoms with E-state index in [0.29, 0.717) is 23.8 Å². The summed E-state index contributed by atoms with van der Waals surface area (Å²) in [6.45, 7) is 5.39. The lowest BCUT2D eigenvalue weighted by Gasteiger charge is -2.28. The van der Waals surface area contributed by atoms with Crippen LogP contribution in [-0.2, 0) is 9.47 Å². The maximum Gasteiger partial charge on any atom is 0.337 e. The van der Waals surface area contributed by atoms with E-state index in [2.05, 4.69) is 39.7 Å². The number of nitrogens with zero attached hydrogens (tertiary/aromatic N) is 3. The molecule has 1 aliphatic heterocycles. The molecule has 8 heteroatoms. The van der Waals surface area contributed by atoms with E-state index in [4.69, 9.17) is 21.7 Å². The molecule has 1 fully saturated rings. The zero-order chi connectivity index (χ0) is 23.5. The van der Waals surface area contributed by atoms with Crippen LogP contribution >= 0.6 is 12.2 Å². The Morgan fingerprint density at radius 3 is 2.67 bits per heavy atom. The van der Waals surface area contributed by atoms with Crippen LogP contribution in [0, 0.1) is 13.8 Å². The van der Waals surface area contributed by atoms with Gasteiger partial charge in [-0.25, -0.2) is 4.79 Å². The van der Waals surface area contributed by atoms with Gasteiger partial charge in [-0.05, 0) is 68.0 Å². The van der Waals surface area contributed by atoms with Crippen LogP contribution in [0.1, 0.15) is 45.1 Å². The highest BCUT2D eigenvalue weighted by Gasteiger charge is 2.41. The number of aryl methyl sites for hydroxylation is 1. The molecule has 0 bridgehead atoms. The standard InChI is InChI=1S/C25H28N4O3S/c1-16-14-20(17(2)29(16)19-9-7-8-18(15-19)24(30)32-4)23-22(21-10-5-6-11-26-21)27-25(33)28(23)12-13-31-3/h5-11,14-15,22-23H,12-13H2,1-4H3,(H,27,33). The van der Waals surface area contributed by atoms with Crippen molar-refractivity contribution in [3.63, 3.8) is 0 Å². The smallest absolute Gasteiger partial charge is 0.337 e. The van der Waals surface area contributed by atoms with Crippen LogP contribution in [0.3, 0.4) is 0 Å². The minimum atomic E-state index is -0.356. The first-order valence-corrected chi connectivity index (χ1v) is 11.2. The predicted octanol–water partition coefficient (Wildman–Crippen LogP) is 3.89. The van der Waals surface area contributed by atoms with Crippen LogP contribution in [-0.4, -0.2) is 52.9 Å². The number of esters is 1. The normalized spacial score (nSPS) is 17.8. The van der Waals surface area contributed by atoms with Crippen LogP contribution in [0.4, 0.5) is 0 Å². The van der Waals surface area contributed by atoms with Gasteiger partial charge in [0, 0.05) is 36.9 Å². The molecule has 2 unspecified atom stereocenters. The maximum atomic E-state index is 12.1. The molecule has 3 aromatic rings. The summed E-state index contributed by atoms with van der Waals surface area (Å²) in [6, 6.07) is 15.4. The number of benzene rings is 1. The van der Waals surface area contributed by atoms with Gasteiger partial charge >= 0.3 is 5.97 Å². The van der Waals surface area contributed by atoms with Crippen LogP contribution in [0.2, 0.25) is 0 Å². The van der Waals surface area contributed by atoms with E-state index in [-0.39, 0.29) is 18.1 Å². The third-order valence-corrected chi connectivity index (χ3v) is 6.40. The molecule has 0 spiro atoms. The molecule has 1 aromatic carbocycles. The molecule has 1 aliphatic rings. The molecule has 7 nitrogen and oxygen atoms in total. The Balaban J connectivity index is 1.81. The highest BCUT2D eigenvalue weighted by molar-refractivity contribution is 7.80. The number of pyridine rings is 1. The van der Waals surface area contributed by atoms with Gasteiger partial charge in [-0.15, -0.1) is 0 Å². The Hall–Kier alpha value is -3.23. The quantitative estimate of drug-likeness (QED) is 0.420. The molecule has 3 heterocycles. The summed E-state index contributed by atoms with van der Waals surface area (Å²) in [5.74, 6) is -0.356. The molecule has 1 N–H and O–H groups in total. The topological polar surface area (TPSA) is 68.6 Å². The molecule has 0 saturated carbocycles. The largest absolute Gasteiger partial charge is 0.465 e. The van der Waals surface area contributed by atoms with Gasteiger partial charge < -0.3 is 24.3 Å². The van der Waals surface area contributed by atoms with Crippen molar-refractivity contribution in [2.45, 2.75) is 25.9 Å².